The van der Waals surface area contributed by atoms with E-state index in [9.17, 15) is 14.4 Å². The van der Waals surface area contributed by atoms with Crippen LogP contribution in [-0.2, 0) is 9.59 Å². The van der Waals surface area contributed by atoms with Crippen molar-refractivity contribution in [1.29, 1.82) is 0 Å². The van der Waals surface area contributed by atoms with E-state index in [0.29, 0.717) is 23.4 Å². The van der Waals surface area contributed by atoms with Gasteiger partial charge < -0.3 is 15.5 Å². The predicted octanol–water partition coefficient (Wildman–Crippen LogP) is 3.76. The molecule has 3 rings (SSSR count). The molecule has 7 heteroatoms. The first-order chi connectivity index (χ1) is 13.7. The van der Waals surface area contributed by atoms with Crippen molar-refractivity contribution in [1.82, 2.24) is 4.90 Å². The van der Waals surface area contributed by atoms with Gasteiger partial charge in [-0.1, -0.05) is 17.7 Å². The molecule has 3 amide bonds. The van der Waals surface area contributed by atoms with E-state index in [2.05, 4.69) is 10.6 Å². The summed E-state index contributed by atoms with van der Waals surface area (Å²) in [6.45, 7) is 5.85. The molecule has 2 aromatic carbocycles. The number of carbonyl (C=O) groups excluding carboxylic acids is 3. The Hall–Kier alpha value is -2.80. The minimum absolute atomic E-state index is 0.0579. The third kappa shape index (κ3) is 4.98. The van der Waals surface area contributed by atoms with Crippen LogP contribution in [0.4, 0.5) is 11.4 Å². The van der Waals surface area contributed by atoms with E-state index in [-0.39, 0.29) is 24.3 Å². The van der Waals surface area contributed by atoms with Crippen molar-refractivity contribution in [2.75, 3.05) is 30.0 Å². The fourth-order valence-electron chi connectivity index (χ4n) is 3.42. The average molecular weight is 412 g/mol. The van der Waals surface area contributed by atoms with E-state index in [1.54, 1.807) is 30.9 Å². The molecule has 0 aliphatic carbocycles. The van der Waals surface area contributed by atoms with Gasteiger partial charge in [-0.25, -0.2) is 0 Å². The van der Waals surface area contributed by atoms with Crippen molar-refractivity contribution >= 4 is 40.9 Å². The fourth-order valence-corrected chi connectivity index (χ4v) is 4.35. The maximum atomic E-state index is 12.8. The molecule has 1 aliphatic rings. The molecule has 2 N–H and O–H groups in total. The summed E-state index contributed by atoms with van der Waals surface area (Å²) in [4.78, 5) is 39.4. The number of benzene rings is 2. The minimum atomic E-state index is -0.274. The SMILES string of the molecule is Cc1cc(C)c(NC(=O)CN(C)C(=O)c2ccc3c(c2)NC(=O)CCS3)c(C)c1. The lowest BCUT2D eigenvalue weighted by molar-refractivity contribution is -0.117. The molecule has 0 saturated heterocycles. The second kappa shape index (κ2) is 8.69. The molecule has 0 radical (unpaired) electrons. The molecule has 1 heterocycles. The smallest absolute Gasteiger partial charge is 0.254 e. The summed E-state index contributed by atoms with van der Waals surface area (Å²) in [6.07, 6.45) is 0.445. The van der Waals surface area contributed by atoms with E-state index in [0.717, 1.165) is 27.3 Å². The average Bonchev–Trinajstić information content (AvgIpc) is 2.83. The predicted molar refractivity (Wildman–Crippen MR) is 117 cm³/mol. The summed E-state index contributed by atoms with van der Waals surface area (Å²) in [7, 11) is 1.59. The van der Waals surface area contributed by atoms with Gasteiger partial charge in [0.15, 0.2) is 0 Å². The van der Waals surface area contributed by atoms with Gasteiger partial charge in [-0.2, -0.15) is 0 Å². The fraction of sp³-hybridized carbons (Fsp3) is 0.318. The number of carbonyl (C=O) groups is 3. The van der Waals surface area contributed by atoms with E-state index in [1.807, 2.05) is 39.0 Å². The summed E-state index contributed by atoms with van der Waals surface area (Å²) in [5, 5.41) is 5.75. The number of amides is 3. The number of hydrogen-bond donors (Lipinski definition) is 2. The Morgan fingerprint density at radius 1 is 1.14 bits per heavy atom. The summed E-state index contributed by atoms with van der Waals surface area (Å²) >= 11 is 1.59. The van der Waals surface area contributed by atoms with Crippen LogP contribution >= 0.6 is 11.8 Å². The number of rotatable bonds is 4. The van der Waals surface area contributed by atoms with Gasteiger partial charge in [0.05, 0.1) is 12.2 Å². The first kappa shape index (κ1) is 20.9. The molecule has 152 valence electrons. The van der Waals surface area contributed by atoms with Gasteiger partial charge in [0.2, 0.25) is 11.8 Å². The van der Waals surface area contributed by atoms with Crippen LogP contribution in [0.5, 0.6) is 0 Å². The Labute approximate surface area is 175 Å². The number of nitrogens with zero attached hydrogens (tertiary/aromatic N) is 1. The maximum absolute atomic E-state index is 12.8. The zero-order valence-electron chi connectivity index (χ0n) is 17.1. The Morgan fingerprint density at radius 3 is 2.52 bits per heavy atom. The van der Waals surface area contributed by atoms with Crippen LogP contribution in [-0.4, -0.2) is 42.0 Å². The summed E-state index contributed by atoms with van der Waals surface area (Å²) in [5.74, 6) is 0.125. The van der Waals surface area contributed by atoms with Crippen LogP contribution in [0.2, 0.25) is 0 Å². The standard InChI is InChI=1S/C22H25N3O3S/c1-13-9-14(2)21(15(3)10-13)24-20(27)12-25(4)22(28)16-5-6-18-17(11-16)23-19(26)7-8-29-18/h5-6,9-11H,7-8,12H2,1-4H3,(H,23,26)(H,24,27). The van der Waals surface area contributed by atoms with Gasteiger partial charge in [-0.05, 0) is 50.1 Å². The molecule has 0 spiro atoms. The molecule has 1 aliphatic heterocycles. The number of aryl methyl sites for hydroxylation is 3. The monoisotopic (exact) mass is 411 g/mol. The van der Waals surface area contributed by atoms with Crippen molar-refractivity contribution in [3.05, 3.63) is 52.6 Å². The van der Waals surface area contributed by atoms with E-state index >= 15 is 0 Å². The molecule has 29 heavy (non-hydrogen) atoms. The zero-order valence-corrected chi connectivity index (χ0v) is 17.9. The second-order valence-corrected chi connectivity index (χ2v) is 8.48. The molecule has 0 bridgehead atoms. The third-order valence-corrected chi connectivity index (χ3v) is 5.83. The van der Waals surface area contributed by atoms with E-state index in [4.69, 9.17) is 0 Å². The van der Waals surface area contributed by atoms with Crippen LogP contribution in [0.3, 0.4) is 0 Å². The van der Waals surface area contributed by atoms with Crippen molar-refractivity contribution < 1.29 is 14.4 Å². The number of likely N-dealkylation sites (N-methyl/N-ethyl adjacent to an activating group) is 1. The number of nitrogens with one attached hydrogen (secondary N) is 2. The van der Waals surface area contributed by atoms with Crippen LogP contribution in [0.15, 0.2) is 35.2 Å². The number of anilines is 2. The lowest BCUT2D eigenvalue weighted by Crippen LogP contribution is -2.35. The van der Waals surface area contributed by atoms with Crippen molar-refractivity contribution in [2.24, 2.45) is 0 Å². The normalized spacial score (nSPS) is 13.2. The maximum Gasteiger partial charge on any atom is 0.254 e. The minimum Gasteiger partial charge on any atom is -0.332 e. The molecule has 0 aromatic heterocycles. The Bertz CT molecular complexity index is 964. The molecule has 0 unspecified atom stereocenters. The Balaban J connectivity index is 1.69. The molecular weight excluding hydrogens is 386 g/mol. The van der Waals surface area contributed by atoms with Gasteiger partial charge in [0.1, 0.15) is 0 Å². The van der Waals surface area contributed by atoms with Gasteiger partial charge in [-0.3, -0.25) is 14.4 Å². The van der Waals surface area contributed by atoms with Crippen LogP contribution in [0, 0.1) is 20.8 Å². The lowest BCUT2D eigenvalue weighted by Gasteiger charge is -2.19. The van der Waals surface area contributed by atoms with Crippen molar-refractivity contribution in [3.63, 3.8) is 0 Å². The summed E-state index contributed by atoms with van der Waals surface area (Å²) in [5.41, 5.74) is 4.98. The highest BCUT2D eigenvalue weighted by atomic mass is 32.2. The first-order valence-electron chi connectivity index (χ1n) is 9.44. The van der Waals surface area contributed by atoms with E-state index < -0.39 is 0 Å². The molecule has 0 fully saturated rings. The highest BCUT2D eigenvalue weighted by Gasteiger charge is 2.19. The number of fused-ring (bicyclic) bond motifs is 1. The van der Waals surface area contributed by atoms with Crippen LogP contribution in [0.1, 0.15) is 33.5 Å². The highest BCUT2D eigenvalue weighted by molar-refractivity contribution is 7.99. The summed E-state index contributed by atoms with van der Waals surface area (Å²) in [6, 6.07) is 9.27. The Kier molecular flexibility index (Phi) is 6.27. The van der Waals surface area contributed by atoms with E-state index in [1.165, 1.54) is 4.90 Å². The number of thioether (sulfide) groups is 1. The number of hydrogen-bond acceptors (Lipinski definition) is 4. The topological polar surface area (TPSA) is 78.5 Å². The Morgan fingerprint density at radius 2 is 1.83 bits per heavy atom. The largest absolute Gasteiger partial charge is 0.332 e. The zero-order chi connectivity index (χ0) is 21.1. The summed E-state index contributed by atoms with van der Waals surface area (Å²) < 4.78 is 0. The van der Waals surface area contributed by atoms with Crippen LogP contribution in [0.25, 0.3) is 0 Å². The van der Waals surface area contributed by atoms with Gasteiger partial charge >= 0.3 is 0 Å². The van der Waals surface area contributed by atoms with Crippen molar-refractivity contribution in [3.8, 4) is 0 Å². The molecule has 0 saturated carbocycles. The van der Waals surface area contributed by atoms with Gasteiger partial charge in [0, 0.05) is 35.4 Å². The molecule has 6 nitrogen and oxygen atoms in total. The van der Waals surface area contributed by atoms with Crippen molar-refractivity contribution in [2.45, 2.75) is 32.1 Å². The first-order valence-corrected chi connectivity index (χ1v) is 10.4. The molecule has 2 aromatic rings. The van der Waals surface area contributed by atoms with Gasteiger partial charge in [0.25, 0.3) is 5.91 Å². The van der Waals surface area contributed by atoms with Gasteiger partial charge in [-0.15, -0.1) is 11.8 Å². The van der Waals surface area contributed by atoms with Crippen LogP contribution < -0.4 is 10.6 Å². The molecular formula is C22H25N3O3S. The third-order valence-electron chi connectivity index (χ3n) is 4.76. The second-order valence-electron chi connectivity index (χ2n) is 7.34. The molecule has 0 atom stereocenters. The quantitative estimate of drug-likeness (QED) is 0.803. The highest BCUT2D eigenvalue weighted by Crippen LogP contribution is 2.31. The lowest BCUT2D eigenvalue weighted by atomic mass is 10.1.